The Morgan fingerprint density at radius 3 is 2.46 bits per heavy atom. The minimum absolute atomic E-state index is 0.0970. The molecule has 1 saturated heterocycles. The summed E-state index contributed by atoms with van der Waals surface area (Å²) in [5.74, 6) is -0.255. The molecule has 2 unspecified atom stereocenters. The second kappa shape index (κ2) is 8.08. The number of carbonyl (C=O) groups is 1. The van der Waals surface area contributed by atoms with Crippen molar-refractivity contribution in [2.45, 2.75) is 71.1 Å². The average Bonchev–Trinajstić information content (AvgIpc) is 3.12. The Kier molecular flexibility index (Phi) is 5.54. The summed E-state index contributed by atoms with van der Waals surface area (Å²) in [4.78, 5) is 14.8. The molecule has 0 amide bonds. The van der Waals surface area contributed by atoms with E-state index in [-0.39, 0.29) is 12.1 Å². The van der Waals surface area contributed by atoms with E-state index < -0.39 is 0 Å². The van der Waals surface area contributed by atoms with Crippen LogP contribution in [0.1, 0.15) is 61.5 Å². The molecule has 0 saturated carbocycles. The summed E-state index contributed by atoms with van der Waals surface area (Å²) in [6.45, 7) is 7.39. The molecule has 0 aromatic heterocycles. The highest BCUT2D eigenvalue weighted by molar-refractivity contribution is 5.90. The molecule has 2 atom stereocenters. The molecule has 1 aliphatic heterocycles. The predicted molar refractivity (Wildman–Crippen MR) is 114 cm³/mol. The van der Waals surface area contributed by atoms with Gasteiger partial charge < -0.3 is 4.74 Å². The summed E-state index contributed by atoms with van der Waals surface area (Å²) in [5, 5.41) is 0. The Labute approximate surface area is 168 Å². The van der Waals surface area contributed by atoms with Gasteiger partial charge in [-0.25, -0.2) is 4.79 Å². The van der Waals surface area contributed by atoms with E-state index in [1.54, 1.807) is 0 Å². The summed E-state index contributed by atoms with van der Waals surface area (Å²) in [5.41, 5.74) is 5.99. The monoisotopic (exact) mass is 377 g/mol. The van der Waals surface area contributed by atoms with Crippen LogP contribution in [0.5, 0.6) is 0 Å². The normalized spacial score (nSPS) is 22.3. The molecule has 3 heteroatoms. The van der Waals surface area contributed by atoms with Crippen LogP contribution in [-0.2, 0) is 17.6 Å². The van der Waals surface area contributed by atoms with E-state index in [4.69, 9.17) is 4.74 Å². The van der Waals surface area contributed by atoms with Gasteiger partial charge in [0.2, 0.25) is 0 Å². The standard InChI is InChI=1S/C25H31NO2/c1-17(2)28-25(27)20-8-6-19(7-9-20)21-10-11-23-16-24(13-12-22(23)15-21)26-14-4-5-18(26)3/h6-11,15,17-18,24H,4-5,12-14,16H2,1-3H3. The van der Waals surface area contributed by atoms with Crippen molar-refractivity contribution >= 4 is 5.97 Å². The number of fused-ring (bicyclic) bond motifs is 1. The lowest BCUT2D eigenvalue weighted by Crippen LogP contribution is -2.41. The van der Waals surface area contributed by atoms with Gasteiger partial charge in [-0.3, -0.25) is 4.90 Å². The Balaban J connectivity index is 1.48. The van der Waals surface area contributed by atoms with Crippen LogP contribution in [0.25, 0.3) is 11.1 Å². The van der Waals surface area contributed by atoms with Gasteiger partial charge in [0, 0.05) is 12.1 Å². The van der Waals surface area contributed by atoms with E-state index in [0.29, 0.717) is 11.6 Å². The third kappa shape index (κ3) is 4.00. The van der Waals surface area contributed by atoms with Crippen molar-refractivity contribution in [3.63, 3.8) is 0 Å². The average molecular weight is 378 g/mol. The zero-order valence-electron chi connectivity index (χ0n) is 17.3. The van der Waals surface area contributed by atoms with Crippen LogP contribution < -0.4 is 0 Å². The van der Waals surface area contributed by atoms with Gasteiger partial charge in [0.05, 0.1) is 11.7 Å². The molecule has 4 rings (SSSR count). The van der Waals surface area contributed by atoms with Gasteiger partial charge >= 0.3 is 5.97 Å². The van der Waals surface area contributed by atoms with Gasteiger partial charge in [0.1, 0.15) is 0 Å². The number of esters is 1. The second-order valence-electron chi connectivity index (χ2n) is 8.64. The molecule has 3 nitrogen and oxygen atoms in total. The van der Waals surface area contributed by atoms with Gasteiger partial charge in [0.25, 0.3) is 0 Å². The third-order valence-electron chi connectivity index (χ3n) is 6.28. The highest BCUT2D eigenvalue weighted by atomic mass is 16.5. The van der Waals surface area contributed by atoms with Crippen LogP contribution in [-0.4, -0.2) is 35.6 Å². The van der Waals surface area contributed by atoms with E-state index in [1.807, 2.05) is 38.1 Å². The fraction of sp³-hybridized carbons (Fsp3) is 0.480. The van der Waals surface area contributed by atoms with E-state index in [0.717, 1.165) is 18.0 Å². The molecule has 2 aromatic rings. The molecule has 2 aromatic carbocycles. The third-order valence-corrected chi connectivity index (χ3v) is 6.28. The number of benzene rings is 2. The molecule has 0 N–H and O–H groups in total. The van der Waals surface area contributed by atoms with Crippen LogP contribution in [0.2, 0.25) is 0 Å². The Morgan fingerprint density at radius 2 is 1.79 bits per heavy atom. The van der Waals surface area contributed by atoms with Crippen LogP contribution in [0.3, 0.4) is 0 Å². The highest BCUT2D eigenvalue weighted by Gasteiger charge is 2.30. The van der Waals surface area contributed by atoms with Gasteiger partial charge in [-0.2, -0.15) is 0 Å². The molecule has 28 heavy (non-hydrogen) atoms. The van der Waals surface area contributed by atoms with Crippen LogP contribution in [0, 0.1) is 0 Å². The van der Waals surface area contributed by atoms with Crippen molar-refractivity contribution < 1.29 is 9.53 Å². The number of nitrogens with zero attached hydrogens (tertiary/aromatic N) is 1. The zero-order valence-corrected chi connectivity index (χ0v) is 17.3. The van der Waals surface area contributed by atoms with Gasteiger partial charge in [-0.15, -0.1) is 0 Å². The maximum Gasteiger partial charge on any atom is 0.338 e. The van der Waals surface area contributed by atoms with Gasteiger partial charge in [-0.1, -0.05) is 30.3 Å². The Morgan fingerprint density at radius 1 is 1.04 bits per heavy atom. The number of ether oxygens (including phenoxy) is 1. The number of rotatable bonds is 4. The molecular formula is C25H31NO2. The molecule has 0 bridgehead atoms. The molecule has 0 radical (unpaired) electrons. The summed E-state index contributed by atoms with van der Waals surface area (Å²) in [6, 6.07) is 16.1. The van der Waals surface area contributed by atoms with Crippen molar-refractivity contribution in [3.8, 4) is 11.1 Å². The maximum atomic E-state index is 12.0. The van der Waals surface area contributed by atoms with Crippen LogP contribution in [0.4, 0.5) is 0 Å². The first-order valence-corrected chi connectivity index (χ1v) is 10.7. The molecule has 0 spiro atoms. The van der Waals surface area contributed by atoms with Crippen molar-refractivity contribution in [1.82, 2.24) is 4.90 Å². The minimum atomic E-state index is -0.255. The predicted octanol–water partition coefficient (Wildman–Crippen LogP) is 5.26. The molecule has 2 aliphatic rings. The molecular weight excluding hydrogens is 346 g/mol. The smallest absolute Gasteiger partial charge is 0.338 e. The Hall–Kier alpha value is -2.13. The summed E-state index contributed by atoms with van der Waals surface area (Å²) < 4.78 is 5.27. The first kappa shape index (κ1) is 19.2. The van der Waals surface area contributed by atoms with E-state index in [2.05, 4.69) is 30.0 Å². The van der Waals surface area contributed by atoms with E-state index in [9.17, 15) is 4.79 Å². The number of hydrogen-bond donors (Lipinski definition) is 0. The van der Waals surface area contributed by atoms with Crippen molar-refractivity contribution in [1.29, 1.82) is 0 Å². The summed E-state index contributed by atoms with van der Waals surface area (Å²) >= 11 is 0. The number of aryl methyl sites for hydroxylation is 1. The summed E-state index contributed by atoms with van der Waals surface area (Å²) in [6.07, 6.45) is 6.21. The number of carbonyl (C=O) groups excluding carboxylic acids is 1. The molecule has 148 valence electrons. The van der Waals surface area contributed by atoms with E-state index in [1.165, 1.54) is 48.9 Å². The highest BCUT2D eigenvalue weighted by Crippen LogP contribution is 2.32. The molecule has 1 heterocycles. The fourth-order valence-electron chi connectivity index (χ4n) is 4.78. The lowest BCUT2D eigenvalue weighted by molar-refractivity contribution is 0.0378. The lowest BCUT2D eigenvalue weighted by Gasteiger charge is -2.35. The van der Waals surface area contributed by atoms with Gasteiger partial charge in [-0.05, 0) is 93.8 Å². The second-order valence-corrected chi connectivity index (χ2v) is 8.64. The SMILES string of the molecule is CC(C)OC(=O)c1ccc(-c2ccc3c(c2)CCC(N2CCCC2C)C3)cc1. The largest absolute Gasteiger partial charge is 0.459 e. The number of likely N-dealkylation sites (tertiary alicyclic amines) is 1. The summed E-state index contributed by atoms with van der Waals surface area (Å²) in [7, 11) is 0. The Bertz CT molecular complexity index is 840. The van der Waals surface area contributed by atoms with Crippen LogP contribution >= 0.6 is 0 Å². The fourth-order valence-corrected chi connectivity index (χ4v) is 4.78. The van der Waals surface area contributed by atoms with Crippen LogP contribution in [0.15, 0.2) is 42.5 Å². The maximum absolute atomic E-state index is 12.0. The first-order valence-electron chi connectivity index (χ1n) is 10.7. The van der Waals surface area contributed by atoms with Crippen molar-refractivity contribution in [3.05, 3.63) is 59.2 Å². The van der Waals surface area contributed by atoms with Crippen molar-refractivity contribution in [2.24, 2.45) is 0 Å². The van der Waals surface area contributed by atoms with Crippen molar-refractivity contribution in [2.75, 3.05) is 6.54 Å². The topological polar surface area (TPSA) is 29.5 Å². The molecule has 1 aliphatic carbocycles. The first-order chi connectivity index (χ1) is 13.5. The minimum Gasteiger partial charge on any atom is -0.459 e. The lowest BCUT2D eigenvalue weighted by atomic mass is 9.85. The quantitative estimate of drug-likeness (QED) is 0.681. The van der Waals surface area contributed by atoms with Gasteiger partial charge in [0.15, 0.2) is 0 Å². The zero-order chi connectivity index (χ0) is 19.7. The molecule has 1 fully saturated rings. The van der Waals surface area contributed by atoms with E-state index >= 15 is 0 Å². The number of hydrogen-bond acceptors (Lipinski definition) is 3.